The van der Waals surface area contributed by atoms with Gasteiger partial charge in [0.15, 0.2) is 16.2 Å². The van der Waals surface area contributed by atoms with Crippen LogP contribution in [0, 0.1) is 5.41 Å². The van der Waals surface area contributed by atoms with Crippen molar-refractivity contribution in [3.05, 3.63) is 90.5 Å². The highest BCUT2D eigenvalue weighted by molar-refractivity contribution is 8.13. The highest BCUT2D eigenvalue weighted by Crippen LogP contribution is 2.25. The zero-order chi connectivity index (χ0) is 21.3. The van der Waals surface area contributed by atoms with Crippen LogP contribution in [0.1, 0.15) is 5.56 Å². The molecule has 0 radical (unpaired) electrons. The van der Waals surface area contributed by atoms with Gasteiger partial charge in [0.05, 0.1) is 14.7 Å². The number of rotatable bonds is 5. The molecule has 1 atom stereocenters. The molecule has 0 amide bonds. The zero-order valence-electron chi connectivity index (χ0n) is 15.3. The van der Waals surface area contributed by atoms with Gasteiger partial charge in [-0.25, -0.2) is 12.6 Å². The molecule has 0 aliphatic heterocycles. The number of hydrogen-bond acceptors (Lipinski definition) is 5. The van der Waals surface area contributed by atoms with Crippen molar-refractivity contribution in [2.45, 2.75) is 20.4 Å². The number of sulfone groups is 1. The fraction of sp³-hybridized carbons (Fsp3) is 0.0500. The summed E-state index contributed by atoms with van der Waals surface area (Å²) in [5.41, 5.74) is 6.39. The van der Waals surface area contributed by atoms with Crippen LogP contribution in [0.2, 0.25) is 0 Å². The van der Waals surface area contributed by atoms with Gasteiger partial charge in [0.25, 0.3) is 0 Å². The molecule has 0 aromatic heterocycles. The monoisotopic (exact) mass is 448 g/mol. The predicted octanol–water partition coefficient (Wildman–Crippen LogP) is 3.91. The fourth-order valence-electron chi connectivity index (χ4n) is 2.28. The van der Waals surface area contributed by atoms with E-state index in [-0.39, 0.29) is 19.9 Å². The molecule has 0 fully saturated rings. The Morgan fingerprint density at radius 2 is 1.45 bits per heavy atom. The van der Waals surface area contributed by atoms with Crippen molar-refractivity contribution >= 4 is 37.8 Å². The molecule has 9 heteroatoms. The molecule has 4 N–H and O–H groups in total. The first-order valence-electron chi connectivity index (χ1n) is 8.33. The summed E-state index contributed by atoms with van der Waals surface area (Å²) in [7, 11) is -3.77. The number of nitrogens with two attached hydrogens (primary N) is 1. The Kier molecular flexibility index (Phi) is 8.59. The average Bonchev–Trinajstić information content (AvgIpc) is 2.74. The first kappa shape index (κ1) is 22.8. The summed E-state index contributed by atoms with van der Waals surface area (Å²) in [6, 6.07) is 23.5. The molecule has 0 aliphatic rings. The molecule has 0 heterocycles. The van der Waals surface area contributed by atoms with Crippen LogP contribution in [-0.4, -0.2) is 22.3 Å². The molecule has 0 aliphatic carbocycles. The lowest BCUT2D eigenvalue weighted by atomic mass is 10.2. The van der Waals surface area contributed by atoms with E-state index in [1.54, 1.807) is 18.2 Å². The van der Waals surface area contributed by atoms with Crippen LogP contribution in [-0.2, 0) is 26.7 Å². The lowest BCUT2D eigenvalue weighted by Crippen LogP contribution is -2.06. The van der Waals surface area contributed by atoms with Gasteiger partial charge < -0.3 is 10.3 Å². The minimum absolute atomic E-state index is 0.0999. The summed E-state index contributed by atoms with van der Waals surface area (Å²) in [6.07, 6.45) is 0. The van der Waals surface area contributed by atoms with Gasteiger partial charge in [0.1, 0.15) is 0 Å². The molecule has 0 saturated carbocycles. The van der Waals surface area contributed by atoms with Crippen LogP contribution in [0.3, 0.4) is 0 Å². The first-order valence-corrected chi connectivity index (χ1v) is 11.9. The zero-order valence-corrected chi connectivity index (χ0v) is 17.7. The minimum Gasteiger partial charge on any atom is -0.379 e. The van der Waals surface area contributed by atoms with Gasteiger partial charge in [-0.3, -0.25) is 5.41 Å². The smallest absolute Gasteiger partial charge is 0.207 e. The Morgan fingerprint density at radius 1 is 0.931 bits per heavy atom. The summed E-state index contributed by atoms with van der Waals surface area (Å²) < 4.78 is 44.9. The van der Waals surface area contributed by atoms with E-state index in [9.17, 15) is 12.6 Å². The van der Waals surface area contributed by atoms with Crippen molar-refractivity contribution in [2.75, 3.05) is 0 Å². The second-order valence-electron chi connectivity index (χ2n) is 5.65. The third-order valence-corrected chi connectivity index (χ3v) is 7.10. The number of amidine groups is 1. The van der Waals surface area contributed by atoms with Gasteiger partial charge in [0.2, 0.25) is 9.84 Å². The van der Waals surface area contributed by atoms with Crippen molar-refractivity contribution in [2.24, 2.45) is 5.73 Å². The quantitative estimate of drug-likeness (QED) is 0.309. The van der Waals surface area contributed by atoms with Crippen LogP contribution in [0.4, 0.5) is 0 Å². The lowest BCUT2D eigenvalue weighted by molar-refractivity contribution is 0.558. The number of benzene rings is 3. The van der Waals surface area contributed by atoms with Gasteiger partial charge in [-0.15, -0.1) is 0 Å². The second-order valence-corrected chi connectivity index (χ2v) is 9.52. The number of hydrogen-bond donors (Lipinski definition) is 3. The second kappa shape index (κ2) is 10.9. The van der Waals surface area contributed by atoms with E-state index in [1.807, 2.05) is 30.3 Å². The molecular formula is C20H20N2O4S3. The maximum Gasteiger partial charge on any atom is 0.207 e. The highest BCUT2D eigenvalue weighted by Gasteiger charge is 2.22. The van der Waals surface area contributed by atoms with Gasteiger partial charge >= 0.3 is 0 Å². The van der Waals surface area contributed by atoms with E-state index in [4.69, 9.17) is 15.7 Å². The minimum atomic E-state index is -3.77. The van der Waals surface area contributed by atoms with Crippen molar-refractivity contribution < 1.29 is 17.2 Å². The Bertz CT molecular complexity index is 1070. The third kappa shape index (κ3) is 6.82. The van der Waals surface area contributed by atoms with Crippen molar-refractivity contribution in [1.82, 2.24) is 0 Å². The molecule has 3 aromatic carbocycles. The Labute approximate surface area is 176 Å². The van der Waals surface area contributed by atoms with E-state index in [2.05, 4.69) is 0 Å². The molecule has 3 aromatic rings. The van der Waals surface area contributed by atoms with Crippen LogP contribution in [0.5, 0.6) is 0 Å². The van der Waals surface area contributed by atoms with Crippen molar-refractivity contribution in [1.29, 1.82) is 5.41 Å². The highest BCUT2D eigenvalue weighted by atomic mass is 32.2. The summed E-state index contributed by atoms with van der Waals surface area (Å²) in [5.74, 6) is 0.788. The topological polar surface area (TPSA) is 121 Å². The molecule has 0 saturated heterocycles. The summed E-state index contributed by atoms with van der Waals surface area (Å²) in [6.45, 7) is 0. The summed E-state index contributed by atoms with van der Waals surface area (Å²) >= 11 is -0.994. The van der Waals surface area contributed by atoms with Crippen LogP contribution in [0.15, 0.2) is 99.6 Å². The molecule has 0 spiro atoms. The summed E-state index contributed by atoms with van der Waals surface area (Å²) in [5, 5.41) is 7.16. The molecule has 6 nitrogen and oxygen atoms in total. The third-order valence-electron chi connectivity index (χ3n) is 3.62. The number of thioether (sulfide) groups is 1. The van der Waals surface area contributed by atoms with Gasteiger partial charge in [-0.2, -0.15) is 0 Å². The largest absolute Gasteiger partial charge is 0.379 e. The fourth-order valence-corrected chi connectivity index (χ4v) is 5.13. The molecule has 0 bridgehead atoms. The molecule has 152 valence electrons. The normalized spacial score (nSPS) is 11.8. The Morgan fingerprint density at radius 3 is 2.00 bits per heavy atom. The average molecular weight is 449 g/mol. The van der Waals surface area contributed by atoms with Crippen LogP contribution in [0.25, 0.3) is 0 Å². The lowest BCUT2D eigenvalue weighted by Gasteiger charge is -2.07. The Hall–Kier alpha value is -2.46. The van der Waals surface area contributed by atoms with Gasteiger partial charge in [-0.1, -0.05) is 72.4 Å². The van der Waals surface area contributed by atoms with Crippen molar-refractivity contribution in [3.8, 4) is 0 Å². The van der Waals surface area contributed by atoms with Gasteiger partial charge in [-0.05, 0) is 29.8 Å². The molecule has 1 unspecified atom stereocenters. The van der Waals surface area contributed by atoms with Gasteiger partial charge in [0, 0.05) is 5.75 Å². The summed E-state index contributed by atoms with van der Waals surface area (Å²) in [4.78, 5) is -0.152. The van der Waals surface area contributed by atoms with E-state index in [0.717, 1.165) is 5.75 Å². The molecule has 3 rings (SSSR count). The van der Waals surface area contributed by atoms with Crippen LogP contribution < -0.4 is 5.73 Å². The van der Waals surface area contributed by atoms with Crippen molar-refractivity contribution in [3.63, 3.8) is 0 Å². The Balaban J connectivity index is 0.000000234. The first-order chi connectivity index (χ1) is 13.8. The predicted molar refractivity (Wildman–Crippen MR) is 117 cm³/mol. The van der Waals surface area contributed by atoms with E-state index in [0.29, 0.717) is 0 Å². The van der Waals surface area contributed by atoms with E-state index >= 15 is 0 Å². The van der Waals surface area contributed by atoms with Crippen LogP contribution >= 0.6 is 11.8 Å². The molecule has 29 heavy (non-hydrogen) atoms. The molecular weight excluding hydrogens is 428 g/mol. The van der Waals surface area contributed by atoms with E-state index < -0.39 is 20.9 Å². The SMILES string of the molecule is N=C(N)SCc1ccccc1.O=S(O)c1ccccc1S(=O)(=O)c1ccccc1. The van der Waals surface area contributed by atoms with E-state index in [1.165, 1.54) is 53.7 Å². The number of nitrogens with one attached hydrogen (secondary N) is 1. The standard InChI is InChI=1S/C12H10O4S2.C8H10N2S/c13-17(14)11-8-4-5-9-12(11)18(15,16)10-6-2-1-3-7-10;9-8(10)11-6-7-4-2-1-3-5-7/h1-9H,(H,13,14);1-5H,6H2,(H3,9,10). The maximum absolute atomic E-state index is 12.3. The maximum atomic E-state index is 12.3.